The quantitative estimate of drug-likeness (QED) is 0.834. The van der Waals surface area contributed by atoms with Gasteiger partial charge in [0.05, 0.1) is 12.8 Å². The highest BCUT2D eigenvalue weighted by Crippen LogP contribution is 2.21. The van der Waals surface area contributed by atoms with Gasteiger partial charge in [-0.15, -0.1) is 0 Å². The Morgan fingerprint density at radius 2 is 2.05 bits per heavy atom. The predicted octanol–water partition coefficient (Wildman–Crippen LogP) is 3.81. The van der Waals surface area contributed by atoms with Crippen molar-refractivity contribution < 1.29 is 9.15 Å². The predicted molar refractivity (Wildman–Crippen MR) is 75.8 cm³/mol. The van der Waals surface area contributed by atoms with E-state index in [1.54, 1.807) is 7.11 Å². The van der Waals surface area contributed by atoms with Gasteiger partial charge in [-0.1, -0.05) is 18.2 Å². The summed E-state index contributed by atoms with van der Waals surface area (Å²) in [7, 11) is 1.66. The maximum Gasteiger partial charge on any atom is 0.219 e. The van der Waals surface area contributed by atoms with E-state index in [1.807, 2.05) is 42.5 Å². The molecule has 0 fully saturated rings. The summed E-state index contributed by atoms with van der Waals surface area (Å²) in [6.45, 7) is 0. The molecule has 3 rings (SSSR count). The Morgan fingerprint density at radius 1 is 1.21 bits per heavy atom. The highest BCUT2D eigenvalue weighted by atomic mass is 16.5. The summed E-state index contributed by atoms with van der Waals surface area (Å²) < 4.78 is 10.8. The van der Waals surface area contributed by atoms with E-state index < -0.39 is 0 Å². The monoisotopic (exact) mass is 253 g/mol. The van der Waals surface area contributed by atoms with E-state index in [0.717, 1.165) is 35.6 Å². The van der Waals surface area contributed by atoms with Crippen molar-refractivity contribution in [1.29, 1.82) is 0 Å². The summed E-state index contributed by atoms with van der Waals surface area (Å²) in [5, 5.41) is 0. The zero-order chi connectivity index (χ0) is 13.1. The first-order valence-electron chi connectivity index (χ1n) is 6.33. The lowest BCUT2D eigenvalue weighted by atomic mass is 10.1. The van der Waals surface area contributed by atoms with Gasteiger partial charge in [-0.05, 0) is 42.7 Å². The zero-order valence-electron chi connectivity index (χ0n) is 10.8. The number of hydrogen-bond donors (Lipinski definition) is 0. The van der Waals surface area contributed by atoms with Gasteiger partial charge in [0.25, 0.3) is 0 Å². The number of benzene rings is 1. The van der Waals surface area contributed by atoms with Gasteiger partial charge in [0, 0.05) is 6.08 Å². The molecular weight excluding hydrogens is 238 g/mol. The van der Waals surface area contributed by atoms with Crippen LogP contribution in [0, 0.1) is 0 Å². The third-order valence-electron chi connectivity index (χ3n) is 3.10. The number of fused-ring (bicyclic) bond motifs is 1. The van der Waals surface area contributed by atoms with Crippen molar-refractivity contribution in [3.05, 3.63) is 53.2 Å². The molecule has 1 aromatic heterocycles. The summed E-state index contributed by atoms with van der Waals surface area (Å²) in [5.74, 6) is 2.40. The van der Waals surface area contributed by atoms with Crippen molar-refractivity contribution in [3.8, 4) is 5.75 Å². The first-order chi connectivity index (χ1) is 9.35. The van der Waals surface area contributed by atoms with E-state index in [9.17, 15) is 0 Å². The van der Waals surface area contributed by atoms with Gasteiger partial charge in [-0.25, -0.2) is 4.98 Å². The Bertz CT molecular complexity index is 621. The maximum atomic E-state index is 5.66. The van der Waals surface area contributed by atoms with E-state index in [0.29, 0.717) is 5.89 Å². The Balaban J connectivity index is 1.78. The Kier molecular flexibility index (Phi) is 3.19. The first-order valence-corrected chi connectivity index (χ1v) is 6.33. The highest BCUT2D eigenvalue weighted by molar-refractivity contribution is 5.67. The summed E-state index contributed by atoms with van der Waals surface area (Å²) in [5.41, 5.74) is 2.14. The van der Waals surface area contributed by atoms with Crippen LogP contribution in [-0.2, 0) is 6.42 Å². The van der Waals surface area contributed by atoms with Crippen LogP contribution in [0.1, 0.15) is 29.3 Å². The number of allylic oxidation sites excluding steroid dienone is 1. The summed E-state index contributed by atoms with van der Waals surface area (Å²) in [6, 6.07) is 7.86. The fraction of sp³-hybridized carbons (Fsp3) is 0.188. The van der Waals surface area contributed by atoms with Crippen molar-refractivity contribution >= 4 is 18.2 Å². The van der Waals surface area contributed by atoms with Crippen molar-refractivity contribution in [2.45, 2.75) is 12.8 Å². The lowest BCUT2D eigenvalue weighted by Gasteiger charge is -1.98. The molecule has 0 saturated carbocycles. The molecule has 1 aliphatic carbocycles. The molecule has 19 heavy (non-hydrogen) atoms. The molecule has 0 radical (unpaired) electrons. The van der Waals surface area contributed by atoms with Gasteiger partial charge in [-0.3, -0.25) is 0 Å². The minimum absolute atomic E-state index is 0.660. The SMILES string of the molecule is COc1ccc(C=Cc2nc3c(o2)C=CCC3)cc1. The fourth-order valence-corrected chi connectivity index (χ4v) is 2.06. The second kappa shape index (κ2) is 5.14. The number of methoxy groups -OCH3 is 1. The minimum atomic E-state index is 0.660. The van der Waals surface area contributed by atoms with Gasteiger partial charge in [-0.2, -0.15) is 0 Å². The molecule has 0 spiro atoms. The van der Waals surface area contributed by atoms with E-state index >= 15 is 0 Å². The molecule has 3 heteroatoms. The molecule has 1 heterocycles. The molecule has 0 aliphatic heterocycles. The van der Waals surface area contributed by atoms with Crippen LogP contribution < -0.4 is 4.74 Å². The molecule has 0 saturated heterocycles. The largest absolute Gasteiger partial charge is 0.497 e. The third kappa shape index (κ3) is 2.60. The average molecular weight is 253 g/mol. The van der Waals surface area contributed by atoms with Gasteiger partial charge in [0.15, 0.2) is 5.76 Å². The summed E-state index contributed by atoms with van der Waals surface area (Å²) >= 11 is 0. The number of aryl methyl sites for hydroxylation is 1. The van der Waals surface area contributed by atoms with Crippen molar-refractivity contribution in [2.24, 2.45) is 0 Å². The molecule has 0 amide bonds. The molecule has 0 bridgehead atoms. The summed E-state index contributed by atoms with van der Waals surface area (Å²) in [4.78, 5) is 4.47. The number of ether oxygens (including phenoxy) is 1. The maximum absolute atomic E-state index is 5.66. The lowest BCUT2D eigenvalue weighted by molar-refractivity contribution is 0.415. The minimum Gasteiger partial charge on any atom is -0.497 e. The van der Waals surface area contributed by atoms with E-state index in [1.165, 1.54) is 0 Å². The number of nitrogens with zero attached hydrogens (tertiary/aromatic N) is 1. The van der Waals surface area contributed by atoms with Crippen molar-refractivity contribution in [2.75, 3.05) is 7.11 Å². The molecule has 3 nitrogen and oxygen atoms in total. The van der Waals surface area contributed by atoms with Crippen LogP contribution in [0.2, 0.25) is 0 Å². The van der Waals surface area contributed by atoms with Gasteiger partial charge in [0.2, 0.25) is 5.89 Å². The van der Waals surface area contributed by atoms with Crippen LogP contribution in [-0.4, -0.2) is 12.1 Å². The van der Waals surface area contributed by atoms with E-state index in [2.05, 4.69) is 11.1 Å². The molecule has 1 aromatic carbocycles. The highest BCUT2D eigenvalue weighted by Gasteiger charge is 2.11. The van der Waals surface area contributed by atoms with E-state index in [-0.39, 0.29) is 0 Å². The number of oxazole rings is 1. The van der Waals surface area contributed by atoms with Crippen LogP contribution in [0.25, 0.3) is 18.2 Å². The Hall–Kier alpha value is -2.29. The molecular formula is C16H15NO2. The van der Waals surface area contributed by atoms with Crippen molar-refractivity contribution in [3.63, 3.8) is 0 Å². The van der Waals surface area contributed by atoms with Crippen LogP contribution in [0.4, 0.5) is 0 Å². The lowest BCUT2D eigenvalue weighted by Crippen LogP contribution is -1.90. The van der Waals surface area contributed by atoms with Gasteiger partial charge >= 0.3 is 0 Å². The van der Waals surface area contributed by atoms with E-state index in [4.69, 9.17) is 9.15 Å². The normalized spacial score (nSPS) is 13.7. The standard InChI is InChI=1S/C16H15NO2/c1-18-13-9-6-12(7-10-13)8-11-16-17-14-4-2-3-5-15(14)19-16/h3,5-11H,2,4H2,1H3. The number of hydrogen-bond acceptors (Lipinski definition) is 3. The number of aromatic nitrogens is 1. The van der Waals surface area contributed by atoms with Crippen LogP contribution in [0.5, 0.6) is 5.75 Å². The Labute approximate surface area is 112 Å². The van der Waals surface area contributed by atoms with Crippen LogP contribution in [0.15, 0.2) is 34.8 Å². The molecule has 2 aromatic rings. The van der Waals surface area contributed by atoms with Gasteiger partial charge in [0.1, 0.15) is 5.75 Å². The van der Waals surface area contributed by atoms with Crippen LogP contribution in [0.3, 0.4) is 0 Å². The molecule has 0 unspecified atom stereocenters. The molecule has 0 N–H and O–H groups in total. The first kappa shape index (κ1) is 11.8. The van der Waals surface area contributed by atoms with Crippen molar-refractivity contribution in [1.82, 2.24) is 4.98 Å². The molecule has 1 aliphatic rings. The third-order valence-corrected chi connectivity index (χ3v) is 3.10. The zero-order valence-corrected chi connectivity index (χ0v) is 10.8. The second-order valence-electron chi connectivity index (χ2n) is 4.41. The van der Waals surface area contributed by atoms with Gasteiger partial charge < -0.3 is 9.15 Å². The van der Waals surface area contributed by atoms with Crippen LogP contribution >= 0.6 is 0 Å². The topological polar surface area (TPSA) is 35.3 Å². The second-order valence-corrected chi connectivity index (χ2v) is 4.41. The fourth-order valence-electron chi connectivity index (χ4n) is 2.06. The Morgan fingerprint density at radius 3 is 2.79 bits per heavy atom. The smallest absolute Gasteiger partial charge is 0.219 e. The average Bonchev–Trinajstić information content (AvgIpc) is 2.88. The summed E-state index contributed by atoms with van der Waals surface area (Å²) in [6.07, 6.45) is 10.0. The molecule has 96 valence electrons. The number of rotatable bonds is 3. The molecule has 0 atom stereocenters.